The Hall–Kier alpha value is -1.67. The number of aliphatic hydroxyl groups excluding tert-OH is 1. The van der Waals surface area contributed by atoms with Gasteiger partial charge in [0, 0.05) is 5.41 Å². The lowest BCUT2D eigenvalue weighted by molar-refractivity contribution is 0.100. The van der Waals surface area contributed by atoms with E-state index in [0.717, 1.165) is 17.5 Å². The average Bonchev–Trinajstić information content (AvgIpc) is 2.47. The van der Waals surface area contributed by atoms with E-state index in [9.17, 15) is 9.50 Å². The zero-order chi connectivity index (χ0) is 14.8. The molecule has 0 aliphatic heterocycles. The molecular formula is C18H21FO. The van der Waals surface area contributed by atoms with Gasteiger partial charge in [0.1, 0.15) is 5.82 Å². The highest BCUT2D eigenvalue weighted by Crippen LogP contribution is 2.36. The predicted molar refractivity (Wildman–Crippen MR) is 80.2 cm³/mol. The minimum absolute atomic E-state index is 0.258. The lowest BCUT2D eigenvalue weighted by Crippen LogP contribution is -2.26. The summed E-state index contributed by atoms with van der Waals surface area (Å²) in [5, 5.41) is 10.6. The molecule has 0 spiro atoms. The molecule has 0 amide bonds. The van der Waals surface area contributed by atoms with Gasteiger partial charge >= 0.3 is 0 Å². The maximum Gasteiger partial charge on any atom is 0.123 e. The van der Waals surface area contributed by atoms with Crippen molar-refractivity contribution in [3.8, 4) is 0 Å². The predicted octanol–water partition coefficient (Wildman–Crippen LogP) is 4.40. The number of aryl methyl sites for hydroxylation is 1. The summed E-state index contributed by atoms with van der Waals surface area (Å²) in [6.45, 7) is 6.05. The highest BCUT2D eigenvalue weighted by Gasteiger charge is 2.30. The van der Waals surface area contributed by atoms with E-state index in [4.69, 9.17) is 0 Å². The lowest BCUT2D eigenvalue weighted by Gasteiger charge is -2.31. The molecule has 0 radical (unpaired) electrons. The zero-order valence-corrected chi connectivity index (χ0v) is 12.2. The Morgan fingerprint density at radius 3 is 2.05 bits per heavy atom. The van der Waals surface area contributed by atoms with Crippen molar-refractivity contribution in [2.75, 3.05) is 0 Å². The smallest absolute Gasteiger partial charge is 0.123 e. The molecule has 2 heteroatoms. The number of aliphatic hydroxyl groups is 1. The number of benzene rings is 2. The van der Waals surface area contributed by atoms with Crippen LogP contribution in [-0.4, -0.2) is 5.11 Å². The summed E-state index contributed by atoms with van der Waals surface area (Å²) in [6.07, 6.45) is 0.358. The van der Waals surface area contributed by atoms with Crippen LogP contribution < -0.4 is 0 Å². The van der Waals surface area contributed by atoms with Crippen molar-refractivity contribution in [3.05, 3.63) is 71.0 Å². The quantitative estimate of drug-likeness (QED) is 0.874. The third kappa shape index (κ3) is 2.91. The van der Waals surface area contributed by atoms with E-state index in [1.54, 1.807) is 12.1 Å². The third-order valence-corrected chi connectivity index (χ3v) is 3.98. The van der Waals surface area contributed by atoms with Gasteiger partial charge in [-0.25, -0.2) is 4.39 Å². The first-order chi connectivity index (χ1) is 9.45. The molecule has 0 saturated heterocycles. The first-order valence-electron chi connectivity index (χ1n) is 6.98. The van der Waals surface area contributed by atoms with Crippen LogP contribution in [0.4, 0.5) is 4.39 Å². The maximum absolute atomic E-state index is 13.0. The standard InChI is InChI=1S/C18H21FO/c1-4-13-5-7-14(8-6-13)17(20)18(2,3)15-9-11-16(19)12-10-15/h5-12,17,20H,4H2,1-3H3. The fourth-order valence-electron chi connectivity index (χ4n) is 2.39. The molecule has 1 atom stereocenters. The van der Waals surface area contributed by atoms with E-state index >= 15 is 0 Å². The van der Waals surface area contributed by atoms with Crippen LogP contribution in [0, 0.1) is 5.82 Å². The zero-order valence-electron chi connectivity index (χ0n) is 12.2. The van der Waals surface area contributed by atoms with Crippen molar-refractivity contribution in [2.45, 2.75) is 38.7 Å². The Labute approximate surface area is 120 Å². The van der Waals surface area contributed by atoms with E-state index in [2.05, 4.69) is 6.92 Å². The van der Waals surface area contributed by atoms with Gasteiger partial charge in [0.05, 0.1) is 6.10 Å². The van der Waals surface area contributed by atoms with Gasteiger partial charge < -0.3 is 5.11 Å². The second-order valence-electron chi connectivity index (χ2n) is 5.73. The lowest BCUT2D eigenvalue weighted by atomic mass is 9.76. The van der Waals surface area contributed by atoms with Crippen molar-refractivity contribution in [1.29, 1.82) is 0 Å². The number of hydrogen-bond acceptors (Lipinski definition) is 1. The summed E-state index contributed by atoms with van der Waals surface area (Å²) in [5.41, 5.74) is 2.59. The van der Waals surface area contributed by atoms with E-state index in [1.807, 2.05) is 38.1 Å². The molecule has 0 aliphatic rings. The van der Waals surface area contributed by atoms with Crippen LogP contribution in [0.15, 0.2) is 48.5 Å². The van der Waals surface area contributed by atoms with Crippen LogP contribution in [-0.2, 0) is 11.8 Å². The molecule has 0 aromatic heterocycles. The Balaban J connectivity index is 2.29. The molecule has 1 unspecified atom stereocenters. The molecule has 2 aromatic rings. The second kappa shape index (κ2) is 5.76. The highest BCUT2D eigenvalue weighted by atomic mass is 19.1. The third-order valence-electron chi connectivity index (χ3n) is 3.98. The fraction of sp³-hybridized carbons (Fsp3) is 0.333. The van der Waals surface area contributed by atoms with Crippen LogP contribution in [0.1, 0.15) is 43.6 Å². The van der Waals surface area contributed by atoms with Gasteiger partial charge in [0.2, 0.25) is 0 Å². The number of hydrogen-bond donors (Lipinski definition) is 1. The van der Waals surface area contributed by atoms with E-state index in [1.165, 1.54) is 17.7 Å². The Bertz CT molecular complexity index is 555. The summed E-state index contributed by atoms with van der Waals surface area (Å²) in [5.74, 6) is -0.258. The molecule has 1 N–H and O–H groups in total. The monoisotopic (exact) mass is 272 g/mol. The molecule has 0 bridgehead atoms. The molecule has 106 valence electrons. The summed E-state index contributed by atoms with van der Waals surface area (Å²) in [7, 11) is 0. The second-order valence-corrected chi connectivity index (χ2v) is 5.73. The first kappa shape index (κ1) is 14.7. The van der Waals surface area contributed by atoms with Crippen LogP contribution in [0.2, 0.25) is 0 Å². The van der Waals surface area contributed by atoms with Gasteiger partial charge in [-0.2, -0.15) is 0 Å². The molecule has 2 rings (SSSR count). The molecule has 2 aromatic carbocycles. The van der Waals surface area contributed by atoms with Gasteiger partial charge in [-0.3, -0.25) is 0 Å². The van der Waals surface area contributed by atoms with Crippen LogP contribution in [0.25, 0.3) is 0 Å². The van der Waals surface area contributed by atoms with Gasteiger partial charge in [0.15, 0.2) is 0 Å². The maximum atomic E-state index is 13.0. The minimum Gasteiger partial charge on any atom is -0.388 e. The summed E-state index contributed by atoms with van der Waals surface area (Å²) >= 11 is 0. The van der Waals surface area contributed by atoms with Gasteiger partial charge in [-0.1, -0.05) is 57.2 Å². The van der Waals surface area contributed by atoms with Crippen molar-refractivity contribution in [1.82, 2.24) is 0 Å². The minimum atomic E-state index is -0.626. The molecule has 0 saturated carbocycles. The molecule has 0 aliphatic carbocycles. The van der Waals surface area contributed by atoms with Crippen molar-refractivity contribution in [3.63, 3.8) is 0 Å². The van der Waals surface area contributed by atoms with Crippen LogP contribution in [0.3, 0.4) is 0 Å². The normalized spacial score (nSPS) is 13.2. The fourth-order valence-corrected chi connectivity index (χ4v) is 2.39. The topological polar surface area (TPSA) is 20.2 Å². The Kier molecular flexibility index (Phi) is 4.24. The van der Waals surface area contributed by atoms with Crippen LogP contribution in [0.5, 0.6) is 0 Å². The first-order valence-corrected chi connectivity index (χ1v) is 6.98. The molecular weight excluding hydrogens is 251 g/mol. The van der Waals surface area contributed by atoms with Gasteiger partial charge in [-0.05, 0) is 35.2 Å². The van der Waals surface area contributed by atoms with E-state index < -0.39 is 11.5 Å². The summed E-state index contributed by atoms with van der Waals surface area (Å²) in [6, 6.07) is 14.4. The summed E-state index contributed by atoms with van der Waals surface area (Å²) < 4.78 is 13.0. The van der Waals surface area contributed by atoms with Gasteiger partial charge in [0.25, 0.3) is 0 Å². The number of halogens is 1. The molecule has 0 fully saturated rings. The SMILES string of the molecule is CCc1ccc(C(O)C(C)(C)c2ccc(F)cc2)cc1. The molecule has 1 nitrogen and oxygen atoms in total. The van der Waals surface area contributed by atoms with E-state index in [0.29, 0.717) is 0 Å². The van der Waals surface area contributed by atoms with E-state index in [-0.39, 0.29) is 5.82 Å². The molecule has 0 heterocycles. The van der Waals surface area contributed by atoms with Gasteiger partial charge in [-0.15, -0.1) is 0 Å². The Morgan fingerprint density at radius 1 is 1.00 bits per heavy atom. The van der Waals surface area contributed by atoms with Crippen molar-refractivity contribution >= 4 is 0 Å². The van der Waals surface area contributed by atoms with Crippen LogP contribution >= 0.6 is 0 Å². The Morgan fingerprint density at radius 2 is 1.55 bits per heavy atom. The highest BCUT2D eigenvalue weighted by molar-refractivity contribution is 5.32. The average molecular weight is 272 g/mol. The van der Waals surface area contributed by atoms with Crippen molar-refractivity contribution in [2.24, 2.45) is 0 Å². The molecule has 20 heavy (non-hydrogen) atoms. The largest absolute Gasteiger partial charge is 0.388 e. The van der Waals surface area contributed by atoms with Crippen molar-refractivity contribution < 1.29 is 9.50 Å². The summed E-state index contributed by atoms with van der Waals surface area (Å²) in [4.78, 5) is 0. The number of rotatable bonds is 4.